The van der Waals surface area contributed by atoms with Crippen LogP contribution in [0.15, 0.2) is 0 Å². The monoisotopic (exact) mass is 246 g/mol. The quantitative estimate of drug-likeness (QED) is 0.558. The molecule has 4 nitrogen and oxygen atoms in total. The van der Waals surface area contributed by atoms with Crippen LogP contribution in [0.25, 0.3) is 0 Å². The fourth-order valence-corrected chi connectivity index (χ4v) is 2.38. The van der Waals surface area contributed by atoms with Gasteiger partial charge in [0, 0.05) is 19.8 Å². The lowest BCUT2D eigenvalue weighted by molar-refractivity contribution is -0.120. The SMILES string of the molecule is COCCCSCCC(NC1CC1)C(N)=O. The Morgan fingerprint density at radius 1 is 1.56 bits per heavy atom. The molecule has 3 N–H and O–H groups in total. The van der Waals surface area contributed by atoms with Gasteiger partial charge in [-0.1, -0.05) is 0 Å². The number of nitrogens with two attached hydrogens (primary N) is 1. The van der Waals surface area contributed by atoms with E-state index in [4.69, 9.17) is 10.5 Å². The molecule has 0 aromatic rings. The van der Waals surface area contributed by atoms with Gasteiger partial charge in [-0.3, -0.25) is 4.79 Å². The molecule has 0 saturated heterocycles. The molecule has 0 aliphatic heterocycles. The van der Waals surface area contributed by atoms with E-state index in [2.05, 4.69) is 5.32 Å². The molecule has 0 spiro atoms. The third kappa shape index (κ3) is 6.35. The summed E-state index contributed by atoms with van der Waals surface area (Å²) in [5, 5.41) is 3.28. The molecule has 0 radical (unpaired) electrons. The Hall–Kier alpha value is -0.260. The van der Waals surface area contributed by atoms with E-state index < -0.39 is 0 Å². The summed E-state index contributed by atoms with van der Waals surface area (Å²) in [4.78, 5) is 11.2. The average Bonchev–Trinajstić information content (AvgIpc) is 3.05. The molecule has 0 heterocycles. The van der Waals surface area contributed by atoms with Gasteiger partial charge in [-0.05, 0) is 37.2 Å². The van der Waals surface area contributed by atoms with Crippen molar-refractivity contribution in [1.82, 2.24) is 5.32 Å². The predicted molar refractivity (Wildman–Crippen MR) is 67.6 cm³/mol. The summed E-state index contributed by atoms with van der Waals surface area (Å²) in [6.07, 6.45) is 4.28. The highest BCUT2D eigenvalue weighted by Crippen LogP contribution is 2.20. The van der Waals surface area contributed by atoms with Gasteiger partial charge in [0.1, 0.15) is 0 Å². The highest BCUT2D eigenvalue weighted by molar-refractivity contribution is 7.99. The lowest BCUT2D eigenvalue weighted by Gasteiger charge is -2.14. The number of carbonyl (C=O) groups excluding carboxylic acids is 1. The Morgan fingerprint density at radius 3 is 2.88 bits per heavy atom. The number of hydrogen-bond acceptors (Lipinski definition) is 4. The summed E-state index contributed by atoms with van der Waals surface area (Å²) in [7, 11) is 1.72. The molecule has 1 aliphatic rings. The van der Waals surface area contributed by atoms with Crippen molar-refractivity contribution in [1.29, 1.82) is 0 Å². The van der Waals surface area contributed by atoms with Crippen LogP contribution in [0.1, 0.15) is 25.7 Å². The van der Waals surface area contributed by atoms with Crippen LogP contribution in [0.4, 0.5) is 0 Å². The van der Waals surface area contributed by atoms with Crippen molar-refractivity contribution in [3.05, 3.63) is 0 Å². The van der Waals surface area contributed by atoms with Crippen LogP contribution in [0.5, 0.6) is 0 Å². The third-order valence-electron chi connectivity index (χ3n) is 2.55. The molecule has 1 saturated carbocycles. The molecule has 1 rings (SSSR count). The summed E-state index contributed by atoms with van der Waals surface area (Å²) in [5.74, 6) is 1.85. The van der Waals surface area contributed by atoms with E-state index in [1.54, 1.807) is 7.11 Å². The zero-order chi connectivity index (χ0) is 11.8. The Morgan fingerprint density at radius 2 is 2.31 bits per heavy atom. The molecule has 1 fully saturated rings. The first-order valence-electron chi connectivity index (χ1n) is 5.86. The number of rotatable bonds is 10. The third-order valence-corrected chi connectivity index (χ3v) is 3.65. The second kappa shape index (κ2) is 7.92. The largest absolute Gasteiger partial charge is 0.385 e. The Kier molecular flexibility index (Phi) is 6.84. The number of nitrogens with one attached hydrogen (secondary N) is 1. The van der Waals surface area contributed by atoms with Crippen molar-refractivity contribution in [2.45, 2.75) is 37.8 Å². The number of hydrogen-bond donors (Lipinski definition) is 2. The molecular weight excluding hydrogens is 224 g/mol. The highest BCUT2D eigenvalue weighted by Gasteiger charge is 2.26. The average molecular weight is 246 g/mol. The second-order valence-corrected chi connectivity index (χ2v) is 5.37. The van der Waals surface area contributed by atoms with Gasteiger partial charge in [0.25, 0.3) is 0 Å². The van der Waals surface area contributed by atoms with Gasteiger partial charge < -0.3 is 15.8 Å². The number of ether oxygens (including phenoxy) is 1. The van der Waals surface area contributed by atoms with E-state index in [-0.39, 0.29) is 11.9 Å². The Balaban J connectivity index is 2.00. The maximum Gasteiger partial charge on any atom is 0.234 e. The van der Waals surface area contributed by atoms with Gasteiger partial charge in [0.2, 0.25) is 5.91 Å². The summed E-state index contributed by atoms with van der Waals surface area (Å²) in [6.45, 7) is 0.812. The van der Waals surface area contributed by atoms with Crippen LogP contribution < -0.4 is 11.1 Å². The van der Waals surface area contributed by atoms with E-state index >= 15 is 0 Å². The first-order chi connectivity index (χ1) is 7.74. The van der Waals surface area contributed by atoms with Gasteiger partial charge in [-0.25, -0.2) is 0 Å². The zero-order valence-corrected chi connectivity index (χ0v) is 10.7. The minimum absolute atomic E-state index is 0.137. The fraction of sp³-hybridized carbons (Fsp3) is 0.909. The van der Waals surface area contributed by atoms with Gasteiger partial charge in [0.15, 0.2) is 0 Å². The molecule has 1 aliphatic carbocycles. The van der Waals surface area contributed by atoms with E-state index in [9.17, 15) is 4.79 Å². The van der Waals surface area contributed by atoms with Crippen LogP contribution >= 0.6 is 11.8 Å². The number of carbonyl (C=O) groups is 1. The Bertz CT molecular complexity index is 210. The van der Waals surface area contributed by atoms with Gasteiger partial charge in [0.05, 0.1) is 6.04 Å². The van der Waals surface area contributed by atoms with Crippen LogP contribution in [-0.2, 0) is 9.53 Å². The summed E-state index contributed by atoms with van der Waals surface area (Å²) < 4.78 is 4.97. The summed E-state index contributed by atoms with van der Waals surface area (Å²) >= 11 is 1.86. The van der Waals surface area contributed by atoms with Crippen molar-refractivity contribution >= 4 is 17.7 Å². The molecule has 5 heteroatoms. The molecule has 0 aromatic heterocycles. The van der Waals surface area contributed by atoms with Crippen molar-refractivity contribution < 1.29 is 9.53 Å². The second-order valence-electron chi connectivity index (χ2n) is 4.14. The molecule has 94 valence electrons. The lowest BCUT2D eigenvalue weighted by Crippen LogP contribution is -2.42. The van der Waals surface area contributed by atoms with E-state index in [1.807, 2.05) is 11.8 Å². The molecule has 1 amide bonds. The smallest absolute Gasteiger partial charge is 0.234 e. The summed E-state index contributed by atoms with van der Waals surface area (Å²) in [5.41, 5.74) is 5.34. The minimum atomic E-state index is -0.218. The first-order valence-corrected chi connectivity index (χ1v) is 7.01. The minimum Gasteiger partial charge on any atom is -0.385 e. The number of thioether (sulfide) groups is 1. The molecule has 1 atom stereocenters. The maximum absolute atomic E-state index is 11.2. The van der Waals surface area contributed by atoms with Gasteiger partial charge in [-0.15, -0.1) is 0 Å². The number of methoxy groups -OCH3 is 1. The first kappa shape index (κ1) is 13.8. The van der Waals surface area contributed by atoms with Gasteiger partial charge >= 0.3 is 0 Å². The van der Waals surface area contributed by atoms with Crippen LogP contribution in [0.2, 0.25) is 0 Å². The molecule has 1 unspecified atom stereocenters. The number of amides is 1. The highest BCUT2D eigenvalue weighted by atomic mass is 32.2. The maximum atomic E-state index is 11.2. The fourth-order valence-electron chi connectivity index (χ4n) is 1.45. The van der Waals surface area contributed by atoms with Crippen LogP contribution in [0, 0.1) is 0 Å². The topological polar surface area (TPSA) is 64.3 Å². The van der Waals surface area contributed by atoms with Crippen molar-refractivity contribution in [3.63, 3.8) is 0 Å². The van der Waals surface area contributed by atoms with Crippen molar-refractivity contribution in [2.24, 2.45) is 5.73 Å². The van der Waals surface area contributed by atoms with Crippen LogP contribution in [-0.4, -0.2) is 43.2 Å². The lowest BCUT2D eigenvalue weighted by atomic mass is 10.2. The normalized spacial score (nSPS) is 17.3. The standard InChI is InChI=1S/C11H22N2O2S/c1-15-6-2-7-16-8-5-10(11(12)14)13-9-3-4-9/h9-10,13H,2-8H2,1H3,(H2,12,14). The van der Waals surface area contributed by atoms with Crippen molar-refractivity contribution in [2.75, 3.05) is 25.2 Å². The predicted octanol–water partition coefficient (Wildman–Crippen LogP) is 0.752. The van der Waals surface area contributed by atoms with Crippen LogP contribution in [0.3, 0.4) is 0 Å². The van der Waals surface area contributed by atoms with Gasteiger partial charge in [-0.2, -0.15) is 11.8 Å². The van der Waals surface area contributed by atoms with Crippen molar-refractivity contribution in [3.8, 4) is 0 Å². The zero-order valence-electron chi connectivity index (χ0n) is 9.91. The summed E-state index contributed by atoms with van der Waals surface area (Å²) in [6, 6.07) is 0.401. The molecule has 0 bridgehead atoms. The molecule has 16 heavy (non-hydrogen) atoms. The number of primary amides is 1. The molecule has 0 aromatic carbocycles. The van der Waals surface area contributed by atoms with E-state index in [1.165, 1.54) is 12.8 Å². The molecular formula is C11H22N2O2S. The Labute approximate surface area is 102 Å². The van der Waals surface area contributed by atoms with E-state index in [0.29, 0.717) is 6.04 Å². The van der Waals surface area contributed by atoms with E-state index in [0.717, 1.165) is 31.0 Å².